The molecular weight excluding hydrogens is 360 g/mol. The van der Waals surface area contributed by atoms with Crippen molar-refractivity contribution in [3.63, 3.8) is 0 Å². The number of carbonyl (C=O) groups is 3. The van der Waals surface area contributed by atoms with Crippen molar-refractivity contribution in [2.24, 2.45) is 0 Å². The summed E-state index contributed by atoms with van der Waals surface area (Å²) >= 11 is 0. The van der Waals surface area contributed by atoms with E-state index < -0.39 is 17.9 Å². The molecule has 1 saturated heterocycles. The van der Waals surface area contributed by atoms with Gasteiger partial charge in [-0.2, -0.15) is 0 Å². The first kappa shape index (κ1) is 19.4. The van der Waals surface area contributed by atoms with Crippen molar-refractivity contribution >= 4 is 17.8 Å². The smallest absolute Gasteiger partial charge is 0.330 e. The molecule has 0 spiro atoms. The lowest BCUT2D eigenvalue weighted by atomic mass is 10.1. The summed E-state index contributed by atoms with van der Waals surface area (Å²) in [4.78, 5) is 37.6. The van der Waals surface area contributed by atoms with E-state index in [4.69, 9.17) is 4.74 Å². The molecule has 0 saturated carbocycles. The van der Waals surface area contributed by atoms with E-state index in [1.165, 1.54) is 7.11 Å². The first-order valence-corrected chi connectivity index (χ1v) is 9.02. The van der Waals surface area contributed by atoms with Gasteiger partial charge in [0, 0.05) is 25.1 Å². The number of benzene rings is 2. The van der Waals surface area contributed by atoms with E-state index in [2.05, 4.69) is 5.32 Å². The van der Waals surface area contributed by atoms with Gasteiger partial charge in [-0.1, -0.05) is 24.3 Å². The molecular formula is C21H22N2O5. The maximum absolute atomic E-state index is 12.5. The van der Waals surface area contributed by atoms with Crippen LogP contribution in [0.1, 0.15) is 40.4 Å². The quantitative estimate of drug-likeness (QED) is 0.766. The highest BCUT2D eigenvalue weighted by Gasteiger charge is 2.23. The monoisotopic (exact) mass is 382 g/mol. The summed E-state index contributed by atoms with van der Waals surface area (Å²) in [7, 11) is 1.52. The van der Waals surface area contributed by atoms with Gasteiger partial charge in [0.2, 0.25) is 5.91 Å². The van der Waals surface area contributed by atoms with Crippen LogP contribution in [0.15, 0.2) is 48.5 Å². The Balaban J connectivity index is 1.67. The summed E-state index contributed by atoms with van der Waals surface area (Å²) in [5.74, 6) is -0.883. The fourth-order valence-electron chi connectivity index (χ4n) is 3.15. The number of rotatable bonds is 7. The molecule has 3 rings (SSSR count). The number of hydrogen-bond donors (Lipinski definition) is 2. The molecule has 1 aliphatic heterocycles. The number of methoxy groups -OCH3 is 1. The molecule has 28 heavy (non-hydrogen) atoms. The van der Waals surface area contributed by atoms with Crippen LogP contribution in [0, 0.1) is 0 Å². The average molecular weight is 382 g/mol. The number of aliphatic carboxylic acids is 1. The Kier molecular flexibility index (Phi) is 5.93. The largest absolute Gasteiger partial charge is 0.497 e. The lowest BCUT2D eigenvalue weighted by molar-refractivity contribution is -0.139. The molecule has 1 aliphatic rings. The Morgan fingerprint density at radius 2 is 1.82 bits per heavy atom. The molecule has 1 heterocycles. The topological polar surface area (TPSA) is 95.9 Å². The molecule has 7 heteroatoms. The SMILES string of the molecule is COc1ccc(C(NC(=O)c2ccc(CN3CCCC3=O)cc2)C(=O)O)cc1. The zero-order valence-electron chi connectivity index (χ0n) is 15.6. The van der Waals surface area contributed by atoms with Crippen LogP contribution in [0.5, 0.6) is 5.75 Å². The summed E-state index contributed by atoms with van der Waals surface area (Å²) < 4.78 is 5.07. The van der Waals surface area contributed by atoms with Gasteiger partial charge in [-0.25, -0.2) is 4.79 Å². The standard InChI is InChI=1S/C21H22N2O5/c1-28-17-10-8-15(9-11-17)19(21(26)27)22-20(25)16-6-4-14(5-7-16)13-23-12-2-3-18(23)24/h4-11,19H,2-3,12-13H2,1H3,(H,22,25)(H,26,27). The highest BCUT2D eigenvalue weighted by molar-refractivity contribution is 5.96. The van der Waals surface area contributed by atoms with Crippen LogP contribution in [-0.2, 0) is 16.1 Å². The number of ether oxygens (including phenoxy) is 1. The molecule has 0 radical (unpaired) electrons. The van der Waals surface area contributed by atoms with Crippen molar-refractivity contribution in [3.05, 3.63) is 65.2 Å². The van der Waals surface area contributed by atoms with Gasteiger partial charge in [0.25, 0.3) is 5.91 Å². The molecule has 146 valence electrons. The predicted molar refractivity (Wildman–Crippen MR) is 102 cm³/mol. The predicted octanol–water partition coefficient (Wildman–Crippen LogP) is 2.37. The van der Waals surface area contributed by atoms with E-state index in [-0.39, 0.29) is 5.91 Å². The third-order valence-corrected chi connectivity index (χ3v) is 4.73. The van der Waals surface area contributed by atoms with Gasteiger partial charge in [-0.15, -0.1) is 0 Å². The lowest BCUT2D eigenvalue weighted by Crippen LogP contribution is -2.33. The molecule has 1 fully saturated rings. The average Bonchev–Trinajstić information content (AvgIpc) is 3.11. The lowest BCUT2D eigenvalue weighted by Gasteiger charge is -2.17. The van der Waals surface area contributed by atoms with E-state index in [0.29, 0.717) is 29.8 Å². The second-order valence-corrected chi connectivity index (χ2v) is 6.63. The first-order chi connectivity index (χ1) is 13.5. The van der Waals surface area contributed by atoms with Crippen LogP contribution in [0.4, 0.5) is 0 Å². The second kappa shape index (κ2) is 8.56. The summed E-state index contributed by atoms with van der Waals surface area (Å²) in [6.07, 6.45) is 1.46. The number of nitrogens with zero attached hydrogens (tertiary/aromatic N) is 1. The van der Waals surface area contributed by atoms with Crippen molar-refractivity contribution < 1.29 is 24.2 Å². The molecule has 2 aromatic rings. The summed E-state index contributed by atoms with van der Waals surface area (Å²) in [6, 6.07) is 12.2. The minimum absolute atomic E-state index is 0.144. The van der Waals surface area contributed by atoms with Crippen molar-refractivity contribution in [2.45, 2.75) is 25.4 Å². The normalized spacial score (nSPS) is 14.6. The van der Waals surface area contributed by atoms with Gasteiger partial charge in [0.05, 0.1) is 7.11 Å². The first-order valence-electron chi connectivity index (χ1n) is 9.02. The van der Waals surface area contributed by atoms with Crippen LogP contribution in [0.2, 0.25) is 0 Å². The number of amides is 2. The zero-order chi connectivity index (χ0) is 20.1. The van der Waals surface area contributed by atoms with Gasteiger partial charge in [-0.05, 0) is 41.8 Å². The van der Waals surface area contributed by atoms with E-state index >= 15 is 0 Å². The van der Waals surface area contributed by atoms with Crippen LogP contribution >= 0.6 is 0 Å². The maximum Gasteiger partial charge on any atom is 0.330 e. The van der Waals surface area contributed by atoms with Crippen molar-refractivity contribution in [1.29, 1.82) is 0 Å². The molecule has 2 amide bonds. The number of carboxylic acid groups (broad SMARTS) is 1. The Morgan fingerprint density at radius 3 is 2.36 bits per heavy atom. The van der Waals surface area contributed by atoms with Gasteiger partial charge in [0.15, 0.2) is 6.04 Å². The highest BCUT2D eigenvalue weighted by Crippen LogP contribution is 2.19. The molecule has 2 N–H and O–H groups in total. The van der Waals surface area contributed by atoms with Crippen molar-refractivity contribution in [3.8, 4) is 5.75 Å². The molecule has 0 bridgehead atoms. The van der Waals surface area contributed by atoms with Crippen LogP contribution < -0.4 is 10.1 Å². The Bertz CT molecular complexity index is 861. The number of carbonyl (C=O) groups excluding carboxylic acids is 2. The van der Waals surface area contributed by atoms with Gasteiger partial charge in [0.1, 0.15) is 5.75 Å². The summed E-state index contributed by atoms with van der Waals surface area (Å²) in [5, 5.41) is 12.0. The molecule has 1 atom stereocenters. The Labute approximate surface area is 162 Å². The van der Waals surface area contributed by atoms with Gasteiger partial charge in [-0.3, -0.25) is 9.59 Å². The highest BCUT2D eigenvalue weighted by atomic mass is 16.5. The number of hydrogen-bond acceptors (Lipinski definition) is 4. The van der Waals surface area contributed by atoms with Gasteiger partial charge >= 0.3 is 5.97 Å². The van der Waals surface area contributed by atoms with E-state index in [1.807, 2.05) is 0 Å². The van der Waals surface area contributed by atoms with Crippen molar-refractivity contribution in [2.75, 3.05) is 13.7 Å². The zero-order valence-corrected chi connectivity index (χ0v) is 15.6. The number of likely N-dealkylation sites (tertiary alicyclic amines) is 1. The molecule has 0 aromatic heterocycles. The third-order valence-electron chi connectivity index (χ3n) is 4.73. The Morgan fingerprint density at radius 1 is 1.14 bits per heavy atom. The van der Waals surface area contributed by atoms with Gasteiger partial charge < -0.3 is 20.1 Å². The fraction of sp³-hybridized carbons (Fsp3) is 0.286. The van der Waals surface area contributed by atoms with E-state index in [1.54, 1.807) is 53.4 Å². The maximum atomic E-state index is 12.5. The van der Waals surface area contributed by atoms with E-state index in [0.717, 1.165) is 18.5 Å². The van der Waals surface area contributed by atoms with Crippen LogP contribution in [-0.4, -0.2) is 41.4 Å². The number of nitrogens with one attached hydrogen (secondary N) is 1. The summed E-state index contributed by atoms with van der Waals surface area (Å²) in [6.45, 7) is 1.27. The molecule has 0 aliphatic carbocycles. The van der Waals surface area contributed by atoms with E-state index in [9.17, 15) is 19.5 Å². The van der Waals surface area contributed by atoms with Crippen LogP contribution in [0.3, 0.4) is 0 Å². The molecule has 2 aromatic carbocycles. The summed E-state index contributed by atoms with van der Waals surface area (Å²) in [5.41, 5.74) is 1.74. The fourth-order valence-corrected chi connectivity index (χ4v) is 3.15. The minimum Gasteiger partial charge on any atom is -0.497 e. The minimum atomic E-state index is -1.17. The van der Waals surface area contributed by atoms with Crippen molar-refractivity contribution in [1.82, 2.24) is 10.2 Å². The molecule has 1 unspecified atom stereocenters. The Hall–Kier alpha value is -3.35. The number of carboxylic acids is 1. The molecule has 7 nitrogen and oxygen atoms in total. The third kappa shape index (κ3) is 4.49. The van der Waals surface area contributed by atoms with Crippen LogP contribution in [0.25, 0.3) is 0 Å². The second-order valence-electron chi connectivity index (χ2n) is 6.63.